The van der Waals surface area contributed by atoms with E-state index in [-0.39, 0.29) is 5.82 Å². The Bertz CT molecular complexity index is 1500. The van der Waals surface area contributed by atoms with Crippen molar-refractivity contribution >= 4 is 28.3 Å². The van der Waals surface area contributed by atoms with Crippen LogP contribution in [0.2, 0.25) is 0 Å². The van der Waals surface area contributed by atoms with E-state index in [0.717, 1.165) is 40.7 Å². The van der Waals surface area contributed by atoms with Crippen LogP contribution in [-0.4, -0.2) is 41.5 Å². The number of carbonyl (C=O) groups is 1. The highest BCUT2D eigenvalue weighted by Crippen LogP contribution is 2.49. The highest BCUT2D eigenvalue weighted by Gasteiger charge is 2.61. The molecule has 2 N–H and O–H groups in total. The minimum Gasteiger partial charge on any atom is -0.387 e. The highest BCUT2D eigenvalue weighted by molar-refractivity contribution is 5.97. The zero-order valence-corrected chi connectivity index (χ0v) is 19.3. The Balaban J connectivity index is 1.46. The minimum atomic E-state index is -2.94. The van der Waals surface area contributed by atoms with E-state index in [9.17, 15) is 18.7 Å². The molecule has 2 atom stereocenters. The van der Waals surface area contributed by atoms with E-state index in [1.807, 2.05) is 26.0 Å². The molecule has 180 valence electrons. The van der Waals surface area contributed by atoms with Gasteiger partial charge in [-0.1, -0.05) is 6.92 Å². The van der Waals surface area contributed by atoms with Crippen LogP contribution < -0.4 is 5.32 Å². The standard InChI is InChI=1S/C25H24F2N6O2/c1-3-20(34)18-6-12(2)16(11-28-18)15-7-14-10-29-21(30-24(35)17-9-25(17,26)27)8-19(14)33-23(15)31-22(32-33)13-4-5-13/h6-8,10-11,13,17,20,34H,3-5,9H2,1-2H3,(H,29,30,35)/t17-,20?/m1/s1. The van der Waals surface area contributed by atoms with E-state index in [0.29, 0.717) is 29.2 Å². The highest BCUT2D eigenvalue weighted by atomic mass is 19.3. The summed E-state index contributed by atoms with van der Waals surface area (Å²) in [5, 5.41) is 18.2. The van der Waals surface area contributed by atoms with E-state index < -0.39 is 30.3 Å². The molecular formula is C25H24F2N6O2. The summed E-state index contributed by atoms with van der Waals surface area (Å²) in [5.74, 6) is -3.72. The summed E-state index contributed by atoms with van der Waals surface area (Å²) >= 11 is 0. The lowest BCUT2D eigenvalue weighted by Crippen LogP contribution is -2.18. The number of amides is 1. The molecule has 4 heterocycles. The molecule has 0 radical (unpaired) electrons. The van der Waals surface area contributed by atoms with Gasteiger partial charge in [0.1, 0.15) is 11.7 Å². The molecule has 10 heteroatoms. The Hall–Kier alpha value is -3.53. The number of nitrogens with one attached hydrogen (secondary N) is 1. The average Bonchev–Trinajstić information content (AvgIpc) is 3.74. The molecule has 0 saturated heterocycles. The summed E-state index contributed by atoms with van der Waals surface area (Å²) in [5.41, 5.74) is 4.57. The summed E-state index contributed by atoms with van der Waals surface area (Å²) in [6.45, 7) is 3.87. The molecule has 8 nitrogen and oxygen atoms in total. The van der Waals surface area contributed by atoms with Crippen molar-refractivity contribution < 1.29 is 18.7 Å². The molecule has 0 spiro atoms. The number of hydrogen-bond acceptors (Lipinski definition) is 6. The first-order chi connectivity index (χ1) is 16.7. The topological polar surface area (TPSA) is 105 Å². The fraction of sp³-hybridized carbons (Fsp3) is 0.400. The fourth-order valence-electron chi connectivity index (χ4n) is 4.38. The summed E-state index contributed by atoms with van der Waals surface area (Å²) in [6.07, 6.45) is 4.92. The number of aliphatic hydroxyl groups is 1. The molecular weight excluding hydrogens is 454 g/mol. The number of aromatic nitrogens is 5. The largest absolute Gasteiger partial charge is 0.387 e. The molecule has 2 aliphatic carbocycles. The average molecular weight is 479 g/mol. The second-order valence-electron chi connectivity index (χ2n) is 9.52. The van der Waals surface area contributed by atoms with Gasteiger partial charge in [0, 0.05) is 47.3 Å². The quantitative estimate of drug-likeness (QED) is 0.421. The smallest absolute Gasteiger partial charge is 0.260 e. The van der Waals surface area contributed by atoms with Crippen LogP contribution >= 0.6 is 0 Å². The number of aryl methyl sites for hydroxylation is 1. The molecule has 0 aromatic carbocycles. The summed E-state index contributed by atoms with van der Waals surface area (Å²) < 4.78 is 28.3. The number of nitrogens with zero attached hydrogens (tertiary/aromatic N) is 5. The molecule has 4 aromatic rings. The normalized spacial score (nSPS) is 19.7. The number of rotatable bonds is 6. The SMILES string of the molecule is CCC(O)c1cc(C)c(-c2cc3cnc(NC(=O)[C@H]4CC4(F)F)cc3n3nc(C4CC4)nc23)cn1. The fourth-order valence-corrected chi connectivity index (χ4v) is 4.38. The van der Waals surface area contributed by atoms with Crippen molar-refractivity contribution in [3.05, 3.63) is 47.7 Å². The summed E-state index contributed by atoms with van der Waals surface area (Å²) in [6, 6.07) is 5.47. The second-order valence-corrected chi connectivity index (χ2v) is 9.52. The van der Waals surface area contributed by atoms with Gasteiger partial charge >= 0.3 is 0 Å². The number of pyridine rings is 3. The number of anilines is 1. The number of aliphatic hydroxyl groups excluding tert-OH is 1. The molecule has 0 bridgehead atoms. The Morgan fingerprint density at radius 2 is 2.00 bits per heavy atom. The predicted octanol–water partition coefficient (Wildman–Crippen LogP) is 4.56. The number of carbonyl (C=O) groups excluding carboxylic acids is 1. The van der Waals surface area contributed by atoms with Crippen LogP contribution in [0.5, 0.6) is 0 Å². The number of fused-ring (bicyclic) bond motifs is 3. The predicted molar refractivity (Wildman–Crippen MR) is 125 cm³/mol. The lowest BCUT2D eigenvalue weighted by molar-refractivity contribution is -0.119. The van der Waals surface area contributed by atoms with Crippen molar-refractivity contribution in [1.82, 2.24) is 24.6 Å². The Labute approximate surface area is 199 Å². The lowest BCUT2D eigenvalue weighted by Gasteiger charge is -2.13. The van der Waals surface area contributed by atoms with E-state index in [2.05, 4.69) is 15.3 Å². The Kier molecular flexibility index (Phi) is 4.86. The number of hydrogen-bond donors (Lipinski definition) is 2. The van der Waals surface area contributed by atoms with E-state index in [1.165, 1.54) is 0 Å². The molecule has 1 amide bonds. The van der Waals surface area contributed by atoms with Gasteiger partial charge in [0.05, 0.1) is 17.3 Å². The van der Waals surface area contributed by atoms with Gasteiger partial charge in [0.25, 0.3) is 5.92 Å². The van der Waals surface area contributed by atoms with Crippen molar-refractivity contribution in [3.8, 4) is 11.1 Å². The summed E-state index contributed by atoms with van der Waals surface area (Å²) in [7, 11) is 0. The molecule has 2 saturated carbocycles. The Morgan fingerprint density at radius 1 is 1.23 bits per heavy atom. The lowest BCUT2D eigenvalue weighted by atomic mass is 10.0. The maximum atomic E-state index is 13.3. The van der Waals surface area contributed by atoms with Crippen LogP contribution in [0.4, 0.5) is 14.6 Å². The molecule has 2 fully saturated rings. The van der Waals surface area contributed by atoms with E-state index in [4.69, 9.17) is 10.1 Å². The van der Waals surface area contributed by atoms with Gasteiger partial charge in [-0.2, -0.15) is 5.10 Å². The van der Waals surface area contributed by atoms with Gasteiger partial charge in [0.15, 0.2) is 11.5 Å². The summed E-state index contributed by atoms with van der Waals surface area (Å²) in [4.78, 5) is 25.8. The van der Waals surface area contributed by atoms with Crippen LogP contribution in [-0.2, 0) is 4.79 Å². The number of alkyl halides is 2. The third kappa shape index (κ3) is 3.81. The van der Waals surface area contributed by atoms with Gasteiger partial charge in [-0.25, -0.2) is 23.3 Å². The van der Waals surface area contributed by atoms with Gasteiger partial charge < -0.3 is 10.4 Å². The van der Waals surface area contributed by atoms with Gasteiger partial charge in [-0.3, -0.25) is 9.78 Å². The van der Waals surface area contributed by atoms with Crippen LogP contribution in [0, 0.1) is 12.8 Å². The second kappa shape index (κ2) is 7.74. The van der Waals surface area contributed by atoms with Crippen molar-refractivity contribution in [2.45, 2.75) is 57.5 Å². The van der Waals surface area contributed by atoms with Gasteiger partial charge in [-0.15, -0.1) is 0 Å². The van der Waals surface area contributed by atoms with Crippen molar-refractivity contribution in [1.29, 1.82) is 0 Å². The first-order valence-corrected chi connectivity index (χ1v) is 11.8. The Morgan fingerprint density at radius 3 is 2.66 bits per heavy atom. The monoisotopic (exact) mass is 478 g/mol. The first kappa shape index (κ1) is 22.0. The van der Waals surface area contributed by atoms with E-state index >= 15 is 0 Å². The van der Waals surface area contributed by atoms with Crippen molar-refractivity contribution in [2.75, 3.05) is 5.32 Å². The molecule has 35 heavy (non-hydrogen) atoms. The molecule has 0 aliphatic heterocycles. The van der Waals surface area contributed by atoms with Crippen molar-refractivity contribution in [3.63, 3.8) is 0 Å². The zero-order valence-electron chi connectivity index (χ0n) is 19.3. The van der Waals surface area contributed by atoms with E-state index in [1.54, 1.807) is 23.0 Å². The molecule has 4 aromatic heterocycles. The van der Waals surface area contributed by atoms with Gasteiger partial charge in [-0.05, 0) is 43.9 Å². The first-order valence-electron chi connectivity index (χ1n) is 11.8. The number of halogens is 2. The molecule has 1 unspecified atom stereocenters. The van der Waals surface area contributed by atoms with Crippen LogP contribution in [0.1, 0.15) is 61.7 Å². The van der Waals surface area contributed by atoms with Crippen LogP contribution in [0.25, 0.3) is 27.7 Å². The maximum absolute atomic E-state index is 13.3. The van der Waals surface area contributed by atoms with Crippen molar-refractivity contribution in [2.24, 2.45) is 5.92 Å². The third-order valence-electron chi connectivity index (χ3n) is 6.79. The minimum absolute atomic E-state index is 0.193. The molecule has 6 rings (SSSR count). The third-order valence-corrected chi connectivity index (χ3v) is 6.79. The zero-order chi connectivity index (χ0) is 24.5. The molecule has 2 aliphatic rings. The maximum Gasteiger partial charge on any atom is 0.260 e. The van der Waals surface area contributed by atoms with Gasteiger partial charge in [0.2, 0.25) is 5.91 Å². The van der Waals surface area contributed by atoms with Crippen LogP contribution in [0.3, 0.4) is 0 Å². The van der Waals surface area contributed by atoms with Crippen LogP contribution in [0.15, 0.2) is 30.6 Å².